The molecule has 1 aliphatic carbocycles. The minimum Gasteiger partial charge on any atom is -0.380 e. The molecule has 3 rings (SSSR count). The summed E-state index contributed by atoms with van der Waals surface area (Å²) >= 11 is 0. The van der Waals surface area contributed by atoms with E-state index < -0.39 is 11.5 Å². The van der Waals surface area contributed by atoms with Gasteiger partial charge in [0.2, 0.25) is 5.91 Å². The minimum absolute atomic E-state index is 0.167. The molecule has 0 aromatic heterocycles. The molecule has 1 saturated carbocycles. The fourth-order valence-corrected chi connectivity index (χ4v) is 3.09. The van der Waals surface area contributed by atoms with E-state index in [4.69, 9.17) is 0 Å². The largest absolute Gasteiger partial charge is 0.380 e. The Morgan fingerprint density at radius 2 is 1.70 bits per heavy atom. The SMILES string of the molecule is O=C(Cc1cccc2ccccc12)NNC(=O)C1(O)CCCC1. The molecule has 2 aromatic rings. The van der Waals surface area contributed by atoms with Crippen LogP contribution in [0.5, 0.6) is 0 Å². The van der Waals surface area contributed by atoms with Crippen LogP contribution in [0.15, 0.2) is 42.5 Å². The summed E-state index contributed by atoms with van der Waals surface area (Å²) in [6.45, 7) is 0. The molecule has 0 atom stereocenters. The Morgan fingerprint density at radius 3 is 2.48 bits per heavy atom. The van der Waals surface area contributed by atoms with Crippen LogP contribution in [-0.4, -0.2) is 22.5 Å². The van der Waals surface area contributed by atoms with Crippen LogP contribution in [0, 0.1) is 0 Å². The molecular formula is C18H20N2O3. The van der Waals surface area contributed by atoms with Gasteiger partial charge in [-0.3, -0.25) is 20.4 Å². The number of hydrogen-bond acceptors (Lipinski definition) is 3. The zero-order chi connectivity index (χ0) is 16.3. The first kappa shape index (κ1) is 15.5. The van der Waals surface area contributed by atoms with E-state index in [-0.39, 0.29) is 12.3 Å². The molecule has 1 aliphatic rings. The van der Waals surface area contributed by atoms with E-state index in [1.54, 1.807) is 0 Å². The lowest BCUT2D eigenvalue weighted by Gasteiger charge is -2.21. The molecular weight excluding hydrogens is 292 g/mol. The van der Waals surface area contributed by atoms with Gasteiger partial charge in [0, 0.05) is 0 Å². The summed E-state index contributed by atoms with van der Waals surface area (Å²) < 4.78 is 0. The zero-order valence-electron chi connectivity index (χ0n) is 12.8. The molecule has 0 saturated heterocycles. The summed E-state index contributed by atoms with van der Waals surface area (Å²) in [6.07, 6.45) is 2.71. The highest BCUT2D eigenvalue weighted by atomic mass is 16.3. The Hall–Kier alpha value is -2.40. The Morgan fingerprint density at radius 1 is 1.00 bits per heavy atom. The van der Waals surface area contributed by atoms with Crippen molar-refractivity contribution in [2.45, 2.75) is 37.7 Å². The maximum Gasteiger partial charge on any atom is 0.270 e. The Bertz CT molecular complexity index is 731. The van der Waals surface area contributed by atoms with Gasteiger partial charge in [-0.15, -0.1) is 0 Å². The molecule has 5 nitrogen and oxygen atoms in total. The third-order valence-electron chi connectivity index (χ3n) is 4.40. The Kier molecular flexibility index (Phi) is 4.30. The highest BCUT2D eigenvalue weighted by Crippen LogP contribution is 2.29. The molecule has 0 heterocycles. The van der Waals surface area contributed by atoms with E-state index in [1.165, 1.54) is 0 Å². The molecule has 120 valence electrons. The van der Waals surface area contributed by atoms with Crippen molar-refractivity contribution >= 4 is 22.6 Å². The van der Waals surface area contributed by atoms with Crippen molar-refractivity contribution in [2.24, 2.45) is 0 Å². The summed E-state index contributed by atoms with van der Waals surface area (Å²) in [5.41, 5.74) is 4.30. The van der Waals surface area contributed by atoms with Gasteiger partial charge in [-0.05, 0) is 42.0 Å². The van der Waals surface area contributed by atoms with Gasteiger partial charge in [0.05, 0.1) is 6.42 Å². The van der Waals surface area contributed by atoms with Crippen molar-refractivity contribution in [2.75, 3.05) is 0 Å². The molecule has 0 bridgehead atoms. The van der Waals surface area contributed by atoms with Gasteiger partial charge in [0.1, 0.15) is 5.60 Å². The summed E-state index contributed by atoms with van der Waals surface area (Å²) in [5.74, 6) is -0.836. The van der Waals surface area contributed by atoms with Crippen LogP contribution in [0.2, 0.25) is 0 Å². The summed E-state index contributed by atoms with van der Waals surface area (Å²) in [6, 6.07) is 13.6. The van der Waals surface area contributed by atoms with Gasteiger partial charge in [-0.2, -0.15) is 0 Å². The summed E-state index contributed by atoms with van der Waals surface area (Å²) in [7, 11) is 0. The molecule has 0 unspecified atom stereocenters. The summed E-state index contributed by atoms with van der Waals surface area (Å²) in [5, 5.41) is 12.2. The van der Waals surface area contributed by atoms with Crippen LogP contribution in [0.1, 0.15) is 31.2 Å². The van der Waals surface area contributed by atoms with E-state index in [9.17, 15) is 14.7 Å². The van der Waals surface area contributed by atoms with Gasteiger partial charge >= 0.3 is 0 Å². The molecule has 1 fully saturated rings. The van der Waals surface area contributed by atoms with Crippen LogP contribution in [0.3, 0.4) is 0 Å². The van der Waals surface area contributed by atoms with Gasteiger partial charge in [-0.25, -0.2) is 0 Å². The number of nitrogens with one attached hydrogen (secondary N) is 2. The lowest BCUT2D eigenvalue weighted by atomic mass is 10.0. The van der Waals surface area contributed by atoms with Crippen molar-refractivity contribution in [1.82, 2.24) is 10.9 Å². The van der Waals surface area contributed by atoms with Gasteiger partial charge in [-0.1, -0.05) is 42.5 Å². The number of aliphatic hydroxyl groups is 1. The van der Waals surface area contributed by atoms with Crippen LogP contribution >= 0.6 is 0 Å². The summed E-state index contributed by atoms with van der Waals surface area (Å²) in [4.78, 5) is 24.0. The number of carbonyl (C=O) groups excluding carboxylic acids is 2. The van der Waals surface area contributed by atoms with Crippen LogP contribution < -0.4 is 10.9 Å². The maximum atomic E-state index is 12.1. The topological polar surface area (TPSA) is 78.4 Å². The predicted molar refractivity (Wildman–Crippen MR) is 87.4 cm³/mol. The van der Waals surface area contributed by atoms with E-state index in [2.05, 4.69) is 10.9 Å². The highest BCUT2D eigenvalue weighted by Gasteiger charge is 2.38. The first-order chi connectivity index (χ1) is 11.1. The first-order valence-corrected chi connectivity index (χ1v) is 7.87. The minimum atomic E-state index is -1.34. The third kappa shape index (κ3) is 3.35. The second-order valence-corrected chi connectivity index (χ2v) is 6.06. The van der Waals surface area contributed by atoms with Crippen LogP contribution in [-0.2, 0) is 16.0 Å². The third-order valence-corrected chi connectivity index (χ3v) is 4.40. The van der Waals surface area contributed by atoms with Crippen molar-refractivity contribution in [3.05, 3.63) is 48.0 Å². The molecule has 0 aliphatic heterocycles. The molecule has 2 amide bonds. The van der Waals surface area contributed by atoms with E-state index in [1.807, 2.05) is 42.5 Å². The van der Waals surface area contributed by atoms with Gasteiger partial charge < -0.3 is 5.11 Å². The molecule has 0 spiro atoms. The number of rotatable bonds is 3. The molecule has 5 heteroatoms. The Labute approximate surface area is 134 Å². The van der Waals surface area contributed by atoms with Gasteiger partial charge in [0.15, 0.2) is 0 Å². The zero-order valence-corrected chi connectivity index (χ0v) is 12.8. The predicted octanol–water partition coefficient (Wildman–Crippen LogP) is 1.83. The van der Waals surface area contributed by atoms with E-state index in [0.29, 0.717) is 12.8 Å². The lowest BCUT2D eigenvalue weighted by molar-refractivity contribution is -0.142. The first-order valence-electron chi connectivity index (χ1n) is 7.87. The maximum absolute atomic E-state index is 12.1. The molecule has 2 aromatic carbocycles. The van der Waals surface area contributed by atoms with E-state index in [0.717, 1.165) is 29.2 Å². The van der Waals surface area contributed by atoms with Crippen molar-refractivity contribution < 1.29 is 14.7 Å². The monoisotopic (exact) mass is 312 g/mol. The quantitative estimate of drug-likeness (QED) is 0.757. The van der Waals surface area contributed by atoms with Crippen molar-refractivity contribution in [3.63, 3.8) is 0 Å². The average Bonchev–Trinajstić information content (AvgIpc) is 3.01. The fourth-order valence-electron chi connectivity index (χ4n) is 3.09. The second kappa shape index (κ2) is 6.38. The standard InChI is InChI=1S/C18H20N2O3/c21-16(19-20-17(22)18(23)10-3-4-11-18)12-14-8-5-7-13-6-1-2-9-15(13)14/h1-2,5-9,23H,3-4,10-12H2,(H,19,21)(H,20,22). The fraction of sp³-hybridized carbons (Fsp3) is 0.333. The number of amides is 2. The number of hydrogen-bond donors (Lipinski definition) is 3. The molecule has 3 N–H and O–H groups in total. The number of carbonyl (C=O) groups is 2. The molecule has 0 radical (unpaired) electrons. The van der Waals surface area contributed by atoms with Crippen molar-refractivity contribution in [3.8, 4) is 0 Å². The Balaban J connectivity index is 1.62. The highest BCUT2D eigenvalue weighted by molar-refractivity contribution is 5.92. The normalized spacial score (nSPS) is 16.2. The average molecular weight is 312 g/mol. The molecule has 23 heavy (non-hydrogen) atoms. The second-order valence-electron chi connectivity index (χ2n) is 6.06. The van der Waals surface area contributed by atoms with Crippen molar-refractivity contribution in [1.29, 1.82) is 0 Å². The van der Waals surface area contributed by atoms with Gasteiger partial charge in [0.25, 0.3) is 5.91 Å². The number of fused-ring (bicyclic) bond motifs is 1. The lowest BCUT2D eigenvalue weighted by Crippen LogP contribution is -2.52. The van der Waals surface area contributed by atoms with Crippen LogP contribution in [0.25, 0.3) is 10.8 Å². The van der Waals surface area contributed by atoms with Crippen LogP contribution in [0.4, 0.5) is 0 Å². The van der Waals surface area contributed by atoms with E-state index >= 15 is 0 Å². The number of benzene rings is 2. The smallest absolute Gasteiger partial charge is 0.270 e. The number of hydrazine groups is 1.